The lowest BCUT2D eigenvalue weighted by atomic mass is 9.76. The van der Waals surface area contributed by atoms with Gasteiger partial charge >= 0.3 is 11.9 Å². The molecule has 5 aromatic carbocycles. The van der Waals surface area contributed by atoms with E-state index in [1.165, 1.54) is 12.1 Å². The highest BCUT2D eigenvalue weighted by atomic mass is 32.2. The third kappa shape index (κ3) is 11.2. The summed E-state index contributed by atoms with van der Waals surface area (Å²) < 4.78 is 43.9. The van der Waals surface area contributed by atoms with E-state index in [1.807, 2.05) is 121 Å². The number of esters is 2. The van der Waals surface area contributed by atoms with Gasteiger partial charge in [-0.1, -0.05) is 133 Å². The fourth-order valence-corrected chi connectivity index (χ4v) is 7.62. The number of hydrogen-bond donors (Lipinski definition) is 1. The van der Waals surface area contributed by atoms with Gasteiger partial charge < -0.3 is 9.47 Å². The molecule has 5 aromatic rings. The van der Waals surface area contributed by atoms with Crippen molar-refractivity contribution in [2.45, 2.75) is 88.5 Å². The number of carbonyl (C=O) groups is 2. The maximum atomic E-state index is 14.4. The molecule has 0 amide bonds. The summed E-state index contributed by atoms with van der Waals surface area (Å²) in [7, 11) is -4.08. The number of ether oxygens (including phenoxy) is 2. The van der Waals surface area contributed by atoms with Gasteiger partial charge in [-0.3, -0.25) is 19.1 Å². The first-order valence-corrected chi connectivity index (χ1v) is 20.4. The average Bonchev–Trinajstić information content (AvgIpc) is 3.17. The predicted molar refractivity (Wildman–Crippen MR) is 220 cm³/mol. The van der Waals surface area contributed by atoms with E-state index in [0.717, 1.165) is 27.8 Å². The quantitative estimate of drug-likeness (QED) is 0.0457. The van der Waals surface area contributed by atoms with Crippen molar-refractivity contribution >= 4 is 22.1 Å². The zero-order chi connectivity index (χ0) is 40.4. The summed E-state index contributed by atoms with van der Waals surface area (Å²) in [5.74, 6) is -1.86. The van der Waals surface area contributed by atoms with E-state index >= 15 is 0 Å². The summed E-state index contributed by atoms with van der Waals surface area (Å²) in [5, 5.41) is 3.73. The minimum atomic E-state index is -4.08. The number of rotatable bonds is 16. The van der Waals surface area contributed by atoms with Crippen molar-refractivity contribution < 1.29 is 31.7 Å². The van der Waals surface area contributed by atoms with Gasteiger partial charge in [0.15, 0.2) is 0 Å². The van der Waals surface area contributed by atoms with Crippen LogP contribution in [0.2, 0.25) is 0 Å². The van der Waals surface area contributed by atoms with Crippen LogP contribution in [-0.4, -0.2) is 44.2 Å². The van der Waals surface area contributed by atoms with Gasteiger partial charge in [-0.15, -0.1) is 0 Å². The summed E-state index contributed by atoms with van der Waals surface area (Å²) >= 11 is 0. The number of benzene rings is 5. The second-order valence-corrected chi connectivity index (χ2v) is 17.5. The molecule has 8 nitrogen and oxygen atoms in total. The molecule has 56 heavy (non-hydrogen) atoms. The zero-order valence-corrected chi connectivity index (χ0v) is 33.9. The molecule has 0 aliphatic rings. The van der Waals surface area contributed by atoms with Crippen molar-refractivity contribution in [2.24, 2.45) is 5.92 Å². The molecule has 0 saturated carbocycles. The van der Waals surface area contributed by atoms with Gasteiger partial charge in [-0.2, -0.15) is 8.42 Å². The van der Waals surface area contributed by atoms with Crippen LogP contribution < -0.4 is 5.32 Å². The van der Waals surface area contributed by atoms with Gasteiger partial charge in [0, 0.05) is 0 Å². The Bertz CT molecular complexity index is 2010. The first kappa shape index (κ1) is 42.1. The van der Waals surface area contributed by atoms with E-state index in [1.54, 1.807) is 53.7 Å². The van der Waals surface area contributed by atoms with Crippen molar-refractivity contribution in [3.05, 3.63) is 162 Å². The van der Waals surface area contributed by atoms with Crippen LogP contribution in [0.1, 0.15) is 77.5 Å². The second-order valence-electron chi connectivity index (χ2n) is 15.9. The number of hydrogen-bond acceptors (Lipinski definition) is 8. The lowest BCUT2D eigenvalue weighted by Gasteiger charge is -2.40. The van der Waals surface area contributed by atoms with Crippen molar-refractivity contribution in [3.63, 3.8) is 0 Å². The SMILES string of the molecule is CC(C)(C)OC(=O)[C@@H](CCCOS(=O)(=O)c1ccc(-c2ccccc2)cc1)C[C@H](NC(c1ccccc1)(c1ccccc1)c1ccccc1)C(=O)OC(C)(C)C. The van der Waals surface area contributed by atoms with E-state index in [4.69, 9.17) is 13.7 Å². The van der Waals surface area contributed by atoms with Gasteiger partial charge in [0.25, 0.3) is 10.1 Å². The Morgan fingerprint density at radius 2 is 0.982 bits per heavy atom. The van der Waals surface area contributed by atoms with Crippen LogP contribution in [0, 0.1) is 5.92 Å². The van der Waals surface area contributed by atoms with Crippen LogP contribution in [0.4, 0.5) is 0 Å². The first-order valence-electron chi connectivity index (χ1n) is 19.0. The average molecular weight is 776 g/mol. The second kappa shape index (κ2) is 18.2. The summed E-state index contributed by atoms with van der Waals surface area (Å²) in [6, 6.07) is 44.8. The predicted octanol–water partition coefficient (Wildman–Crippen LogP) is 9.48. The van der Waals surface area contributed by atoms with Crippen LogP contribution in [0.3, 0.4) is 0 Å². The molecule has 9 heteroatoms. The van der Waals surface area contributed by atoms with Gasteiger partial charge in [0.05, 0.1) is 23.0 Å². The molecule has 0 bridgehead atoms. The molecule has 294 valence electrons. The molecule has 0 aromatic heterocycles. The van der Waals surface area contributed by atoms with Crippen molar-refractivity contribution in [1.82, 2.24) is 5.32 Å². The Hall–Kier alpha value is -5.09. The molecule has 0 unspecified atom stereocenters. The fraction of sp³-hybridized carbons (Fsp3) is 0.319. The molecule has 0 spiro atoms. The normalized spacial score (nSPS) is 13.4. The minimum absolute atomic E-state index is 0.00573. The Balaban J connectivity index is 1.45. The van der Waals surface area contributed by atoms with Crippen molar-refractivity contribution in [2.75, 3.05) is 6.61 Å². The van der Waals surface area contributed by atoms with Gasteiger partial charge in [0.1, 0.15) is 17.2 Å². The molecule has 0 heterocycles. The topological polar surface area (TPSA) is 108 Å². The highest BCUT2D eigenvalue weighted by Gasteiger charge is 2.42. The van der Waals surface area contributed by atoms with Crippen molar-refractivity contribution in [3.8, 4) is 11.1 Å². The molecular formula is C47H53NO7S. The molecule has 0 aliphatic heterocycles. The summed E-state index contributed by atoms with van der Waals surface area (Å²) in [6.45, 7) is 10.6. The molecule has 0 aliphatic carbocycles. The molecule has 0 fully saturated rings. The van der Waals surface area contributed by atoms with Crippen LogP contribution in [0.5, 0.6) is 0 Å². The monoisotopic (exact) mass is 775 g/mol. The minimum Gasteiger partial charge on any atom is -0.460 e. The molecule has 0 saturated heterocycles. The molecule has 1 N–H and O–H groups in total. The van der Waals surface area contributed by atoms with E-state index in [9.17, 15) is 18.0 Å². The highest BCUT2D eigenvalue weighted by Crippen LogP contribution is 2.38. The van der Waals surface area contributed by atoms with E-state index in [2.05, 4.69) is 5.32 Å². The Morgan fingerprint density at radius 1 is 0.571 bits per heavy atom. The number of nitrogens with one attached hydrogen (secondary N) is 1. The third-order valence-corrected chi connectivity index (χ3v) is 10.5. The third-order valence-electron chi connectivity index (χ3n) is 9.15. The maximum Gasteiger partial charge on any atom is 0.323 e. The Morgan fingerprint density at radius 3 is 1.43 bits per heavy atom. The first-order chi connectivity index (χ1) is 26.6. The summed E-state index contributed by atoms with van der Waals surface area (Å²) in [4.78, 5) is 28.4. The van der Waals surface area contributed by atoms with Crippen LogP contribution in [-0.2, 0) is 38.9 Å². The Labute approximate surface area is 332 Å². The van der Waals surface area contributed by atoms with E-state index in [0.29, 0.717) is 0 Å². The van der Waals surface area contributed by atoms with Gasteiger partial charge in [0.2, 0.25) is 0 Å². The van der Waals surface area contributed by atoms with Gasteiger partial charge in [-0.25, -0.2) is 0 Å². The largest absolute Gasteiger partial charge is 0.460 e. The fourth-order valence-electron chi connectivity index (χ4n) is 6.68. The lowest BCUT2D eigenvalue weighted by Crippen LogP contribution is -2.54. The molecule has 2 atom stereocenters. The lowest BCUT2D eigenvalue weighted by molar-refractivity contribution is -0.163. The standard InChI is InChI=1S/C47H53NO7S/c1-45(2,3)54-43(49)37(22-19-33-53-56(51,52)41-31-29-36(30-32-41)35-20-11-7-12-21-35)34-42(44(50)55-46(4,5)6)48-47(38-23-13-8-14-24-38,39-25-15-9-16-26-39)40-27-17-10-18-28-40/h7-18,20-21,23-32,37,42,48H,19,22,33-34H2,1-6H3/t37-,42-/m0/s1. The highest BCUT2D eigenvalue weighted by molar-refractivity contribution is 7.86. The maximum absolute atomic E-state index is 14.4. The molecular weight excluding hydrogens is 723 g/mol. The summed E-state index contributed by atoms with van der Waals surface area (Å²) in [5.41, 5.74) is 1.83. The van der Waals surface area contributed by atoms with E-state index < -0.39 is 50.8 Å². The van der Waals surface area contributed by atoms with Crippen LogP contribution in [0.15, 0.2) is 150 Å². The van der Waals surface area contributed by atoms with Crippen LogP contribution >= 0.6 is 0 Å². The molecule has 5 rings (SSSR count). The summed E-state index contributed by atoms with van der Waals surface area (Å²) in [6.07, 6.45) is 0.395. The Kier molecular flexibility index (Phi) is 13.7. The van der Waals surface area contributed by atoms with Crippen LogP contribution in [0.25, 0.3) is 11.1 Å². The molecule has 0 radical (unpaired) electrons. The smallest absolute Gasteiger partial charge is 0.323 e. The van der Waals surface area contributed by atoms with Crippen molar-refractivity contribution in [1.29, 1.82) is 0 Å². The van der Waals surface area contributed by atoms with Gasteiger partial charge in [-0.05, 0) is 101 Å². The number of carbonyl (C=O) groups excluding carboxylic acids is 2. The zero-order valence-electron chi connectivity index (χ0n) is 33.1. The van der Waals surface area contributed by atoms with E-state index in [-0.39, 0.29) is 30.8 Å².